The molecule has 29 heavy (non-hydrogen) atoms. The van der Waals surface area contributed by atoms with E-state index in [-0.39, 0.29) is 11.6 Å². The van der Waals surface area contributed by atoms with Crippen molar-refractivity contribution in [2.24, 2.45) is 4.99 Å². The molecule has 0 saturated heterocycles. The normalized spacial score (nSPS) is 14.0. The second-order valence-electron chi connectivity index (χ2n) is 7.39. The Morgan fingerprint density at radius 3 is 2.45 bits per heavy atom. The van der Waals surface area contributed by atoms with Crippen molar-refractivity contribution in [1.82, 2.24) is 20.9 Å². The average Bonchev–Trinajstić information content (AvgIpc) is 3.14. The fourth-order valence-corrected chi connectivity index (χ4v) is 3.64. The maximum atomic E-state index is 12.6. The van der Waals surface area contributed by atoms with Crippen LogP contribution in [-0.2, 0) is 12.6 Å². The Morgan fingerprint density at radius 2 is 1.86 bits per heavy atom. The lowest BCUT2D eigenvalue weighted by Gasteiger charge is -2.31. The van der Waals surface area contributed by atoms with Crippen molar-refractivity contribution in [2.75, 3.05) is 20.1 Å². The first-order valence-corrected chi connectivity index (χ1v) is 10.3. The molecule has 0 radical (unpaired) electrons. The van der Waals surface area contributed by atoms with Crippen LogP contribution in [0, 0.1) is 0 Å². The molecule has 0 fully saturated rings. The zero-order valence-electron chi connectivity index (χ0n) is 17.1. The summed E-state index contributed by atoms with van der Waals surface area (Å²) in [5.41, 5.74) is 0.175. The van der Waals surface area contributed by atoms with Crippen LogP contribution >= 0.6 is 11.3 Å². The smallest absolute Gasteiger partial charge is 0.356 e. The lowest BCUT2D eigenvalue weighted by molar-refractivity contribution is -0.140. The van der Waals surface area contributed by atoms with Crippen LogP contribution in [0.1, 0.15) is 43.1 Å². The first-order chi connectivity index (χ1) is 13.6. The van der Waals surface area contributed by atoms with Crippen molar-refractivity contribution < 1.29 is 13.2 Å². The van der Waals surface area contributed by atoms with Crippen LogP contribution in [0.25, 0.3) is 0 Å². The number of aromatic nitrogens is 1. The van der Waals surface area contributed by atoms with Gasteiger partial charge >= 0.3 is 6.18 Å². The van der Waals surface area contributed by atoms with Gasteiger partial charge in [0.1, 0.15) is 0 Å². The van der Waals surface area contributed by atoms with E-state index in [4.69, 9.17) is 0 Å². The van der Waals surface area contributed by atoms with Crippen LogP contribution < -0.4 is 16.0 Å². The summed E-state index contributed by atoms with van der Waals surface area (Å²) in [5, 5.41) is 11.5. The molecule has 3 N–H and O–H groups in total. The Morgan fingerprint density at radius 1 is 1.17 bits per heavy atom. The molecule has 1 heterocycles. The Bertz CT molecular complexity index is 787. The van der Waals surface area contributed by atoms with E-state index >= 15 is 0 Å². The molecule has 5 nitrogen and oxygen atoms in total. The molecule has 0 saturated carbocycles. The van der Waals surface area contributed by atoms with Crippen LogP contribution in [0.5, 0.6) is 0 Å². The lowest BCUT2D eigenvalue weighted by atomic mass is 10.0. The van der Waals surface area contributed by atoms with Crippen LogP contribution in [0.15, 0.2) is 40.7 Å². The first kappa shape index (κ1) is 23.2. The molecule has 1 unspecified atom stereocenters. The van der Waals surface area contributed by atoms with Crippen molar-refractivity contribution in [3.63, 3.8) is 0 Å². The molecular weight excluding hydrogens is 399 g/mol. The summed E-state index contributed by atoms with van der Waals surface area (Å²) >= 11 is 1.02. The summed E-state index contributed by atoms with van der Waals surface area (Å²) < 4.78 is 37.8. The Balaban J connectivity index is 1.78. The van der Waals surface area contributed by atoms with Gasteiger partial charge in [0, 0.05) is 43.5 Å². The summed E-state index contributed by atoms with van der Waals surface area (Å²) in [5.74, 6) is 0.597. The van der Waals surface area contributed by atoms with Crippen molar-refractivity contribution in [3.8, 4) is 0 Å². The number of benzene rings is 1. The van der Waals surface area contributed by atoms with E-state index in [2.05, 4.69) is 58.8 Å². The highest BCUT2D eigenvalue weighted by Gasteiger charge is 2.33. The highest BCUT2D eigenvalue weighted by molar-refractivity contribution is 7.09. The second kappa shape index (κ2) is 10.1. The number of alkyl halides is 3. The fraction of sp³-hybridized carbons (Fsp3) is 0.500. The standard InChI is InChI=1S/C20H28F3N5S/c1-14(15-8-6-5-7-9-15)28-19(2,3)13-26-18(24-4)25-11-10-17-27-16(12-29-17)20(21,22)23/h5-9,12,14,28H,10-11,13H2,1-4H3,(H2,24,25,26). The topological polar surface area (TPSA) is 61.3 Å². The van der Waals surface area contributed by atoms with Gasteiger partial charge in [-0.15, -0.1) is 11.3 Å². The highest BCUT2D eigenvalue weighted by Crippen LogP contribution is 2.30. The van der Waals surface area contributed by atoms with E-state index in [0.29, 0.717) is 30.5 Å². The molecule has 0 aliphatic heterocycles. The van der Waals surface area contributed by atoms with E-state index in [1.165, 1.54) is 5.56 Å². The molecular formula is C20H28F3N5S. The summed E-state index contributed by atoms with van der Waals surface area (Å²) in [6.45, 7) is 7.38. The number of hydrogen-bond acceptors (Lipinski definition) is 4. The molecule has 0 spiro atoms. The van der Waals surface area contributed by atoms with E-state index in [1.807, 2.05) is 18.2 Å². The van der Waals surface area contributed by atoms with Crippen LogP contribution in [0.4, 0.5) is 13.2 Å². The molecule has 0 bridgehead atoms. The maximum absolute atomic E-state index is 12.6. The van der Waals surface area contributed by atoms with E-state index in [0.717, 1.165) is 16.7 Å². The molecule has 0 aliphatic rings. The Labute approximate surface area is 173 Å². The van der Waals surface area contributed by atoms with Gasteiger partial charge in [0.2, 0.25) is 0 Å². The van der Waals surface area contributed by atoms with Gasteiger partial charge in [-0.1, -0.05) is 30.3 Å². The molecule has 1 atom stereocenters. The van der Waals surface area contributed by atoms with Gasteiger partial charge in [0.05, 0.1) is 5.01 Å². The third kappa shape index (κ3) is 7.66. The van der Waals surface area contributed by atoms with Gasteiger partial charge < -0.3 is 16.0 Å². The molecule has 0 amide bonds. The van der Waals surface area contributed by atoms with Crippen LogP contribution in [0.2, 0.25) is 0 Å². The van der Waals surface area contributed by atoms with Crippen molar-refractivity contribution >= 4 is 17.3 Å². The predicted octanol–water partition coefficient (Wildman–Crippen LogP) is 4.00. The van der Waals surface area contributed by atoms with Gasteiger partial charge in [-0.2, -0.15) is 13.2 Å². The number of nitrogens with one attached hydrogen (secondary N) is 3. The number of guanidine groups is 1. The quantitative estimate of drug-likeness (QED) is 0.440. The molecule has 9 heteroatoms. The zero-order valence-corrected chi connectivity index (χ0v) is 17.9. The minimum Gasteiger partial charge on any atom is -0.356 e. The van der Waals surface area contributed by atoms with Gasteiger partial charge in [-0.3, -0.25) is 4.99 Å². The third-order valence-electron chi connectivity index (χ3n) is 4.30. The number of hydrogen-bond donors (Lipinski definition) is 3. The van der Waals surface area contributed by atoms with Gasteiger partial charge in [-0.05, 0) is 26.3 Å². The predicted molar refractivity (Wildman–Crippen MR) is 112 cm³/mol. The molecule has 2 rings (SSSR count). The van der Waals surface area contributed by atoms with E-state index in [9.17, 15) is 13.2 Å². The largest absolute Gasteiger partial charge is 0.434 e. The number of rotatable bonds is 8. The minimum absolute atomic E-state index is 0.190. The molecule has 160 valence electrons. The fourth-order valence-electron chi connectivity index (χ4n) is 2.83. The van der Waals surface area contributed by atoms with Crippen LogP contribution in [-0.4, -0.2) is 36.6 Å². The lowest BCUT2D eigenvalue weighted by Crippen LogP contribution is -2.52. The number of aliphatic imine (C=N–C) groups is 1. The number of thiazole rings is 1. The molecule has 1 aromatic carbocycles. The Kier molecular flexibility index (Phi) is 8.04. The molecule has 0 aliphatic carbocycles. The van der Waals surface area contributed by atoms with Crippen molar-refractivity contribution in [1.29, 1.82) is 0 Å². The van der Waals surface area contributed by atoms with Gasteiger partial charge in [-0.25, -0.2) is 4.98 Å². The van der Waals surface area contributed by atoms with Crippen molar-refractivity contribution in [2.45, 2.75) is 44.9 Å². The van der Waals surface area contributed by atoms with Crippen molar-refractivity contribution in [3.05, 3.63) is 52.0 Å². The summed E-state index contributed by atoms with van der Waals surface area (Å²) in [7, 11) is 1.66. The average molecular weight is 428 g/mol. The van der Waals surface area contributed by atoms with Gasteiger partial charge in [0.25, 0.3) is 0 Å². The summed E-state index contributed by atoms with van der Waals surface area (Å²) in [4.78, 5) is 7.81. The van der Waals surface area contributed by atoms with E-state index < -0.39 is 11.9 Å². The van der Waals surface area contributed by atoms with Gasteiger partial charge in [0.15, 0.2) is 11.7 Å². The highest BCUT2D eigenvalue weighted by atomic mass is 32.1. The number of nitrogens with zero attached hydrogens (tertiary/aromatic N) is 2. The SMILES string of the molecule is CN=C(NCCc1nc(C(F)(F)F)cs1)NCC(C)(C)NC(C)c1ccccc1. The number of halogens is 3. The summed E-state index contributed by atoms with van der Waals surface area (Å²) in [6.07, 6.45) is -4.00. The van der Waals surface area contributed by atoms with Crippen LogP contribution in [0.3, 0.4) is 0 Å². The molecule has 1 aromatic heterocycles. The minimum atomic E-state index is -4.39. The zero-order chi connectivity index (χ0) is 21.5. The third-order valence-corrected chi connectivity index (χ3v) is 5.21. The summed E-state index contributed by atoms with van der Waals surface area (Å²) in [6, 6.07) is 10.4. The maximum Gasteiger partial charge on any atom is 0.434 e. The van der Waals surface area contributed by atoms with E-state index in [1.54, 1.807) is 7.05 Å². The Hall–Kier alpha value is -2.13. The molecule has 2 aromatic rings. The monoisotopic (exact) mass is 427 g/mol. The second-order valence-corrected chi connectivity index (χ2v) is 8.33. The first-order valence-electron chi connectivity index (χ1n) is 9.39.